The van der Waals surface area contributed by atoms with Gasteiger partial charge in [-0.1, -0.05) is 18.2 Å². The molecule has 1 heterocycles. The molecule has 0 spiro atoms. The van der Waals surface area contributed by atoms with Gasteiger partial charge in [-0.2, -0.15) is 0 Å². The Labute approximate surface area is 124 Å². The van der Waals surface area contributed by atoms with E-state index in [4.69, 9.17) is 9.47 Å². The first-order valence-electron chi connectivity index (χ1n) is 7.18. The summed E-state index contributed by atoms with van der Waals surface area (Å²) in [4.78, 5) is 12.3. The fraction of sp³-hybridized carbons (Fsp3) is 0.278. The van der Waals surface area contributed by atoms with E-state index in [1.54, 1.807) is 19.2 Å². The number of Topliss-reactive ketones (excluding diaryl/α,β-unsaturated/α-hetero) is 1. The van der Waals surface area contributed by atoms with Gasteiger partial charge in [0.15, 0.2) is 5.78 Å². The first kappa shape index (κ1) is 13.7. The highest BCUT2D eigenvalue weighted by atomic mass is 16.5. The zero-order valence-corrected chi connectivity index (χ0v) is 12.0. The average molecular weight is 282 g/mol. The van der Waals surface area contributed by atoms with Crippen molar-refractivity contribution in [1.82, 2.24) is 0 Å². The number of benzene rings is 2. The summed E-state index contributed by atoms with van der Waals surface area (Å²) in [5, 5.41) is 0. The number of ether oxygens (including phenoxy) is 2. The highest BCUT2D eigenvalue weighted by Gasteiger charge is 2.22. The summed E-state index contributed by atoms with van der Waals surface area (Å²) in [6.07, 6.45) is 2.24. The number of methoxy groups -OCH3 is 1. The monoisotopic (exact) mass is 282 g/mol. The van der Waals surface area contributed by atoms with Crippen LogP contribution in [0, 0.1) is 0 Å². The van der Waals surface area contributed by atoms with Crippen molar-refractivity contribution in [3.8, 4) is 11.5 Å². The van der Waals surface area contributed by atoms with Gasteiger partial charge in [0.1, 0.15) is 17.6 Å². The van der Waals surface area contributed by atoms with Gasteiger partial charge < -0.3 is 9.47 Å². The molecular formula is C18H18O3. The van der Waals surface area contributed by atoms with E-state index in [2.05, 4.69) is 6.07 Å². The molecule has 0 radical (unpaired) electrons. The molecule has 3 nitrogen and oxygen atoms in total. The van der Waals surface area contributed by atoms with E-state index in [0.29, 0.717) is 12.0 Å². The second-order valence-corrected chi connectivity index (χ2v) is 5.24. The Morgan fingerprint density at radius 1 is 1.19 bits per heavy atom. The third-order valence-electron chi connectivity index (χ3n) is 3.83. The molecule has 0 amide bonds. The number of hydrogen-bond acceptors (Lipinski definition) is 3. The molecule has 0 aliphatic carbocycles. The summed E-state index contributed by atoms with van der Waals surface area (Å²) in [6, 6.07) is 15.3. The molecule has 108 valence electrons. The first-order chi connectivity index (χ1) is 10.3. The molecule has 3 heteroatoms. The molecule has 1 atom stereocenters. The summed E-state index contributed by atoms with van der Waals surface area (Å²) in [5.74, 6) is 1.78. The molecule has 0 N–H and O–H groups in total. The number of fused-ring (bicyclic) bond motifs is 1. The third-order valence-corrected chi connectivity index (χ3v) is 3.83. The maximum Gasteiger partial charge on any atom is 0.166 e. The molecule has 0 unspecified atom stereocenters. The molecule has 0 saturated heterocycles. The van der Waals surface area contributed by atoms with E-state index in [1.807, 2.05) is 30.3 Å². The van der Waals surface area contributed by atoms with Crippen molar-refractivity contribution in [3.63, 3.8) is 0 Å². The van der Waals surface area contributed by atoms with Crippen molar-refractivity contribution < 1.29 is 14.3 Å². The van der Waals surface area contributed by atoms with Crippen LogP contribution in [0.25, 0.3) is 0 Å². The summed E-state index contributed by atoms with van der Waals surface area (Å²) in [5.41, 5.74) is 1.93. The number of carbonyl (C=O) groups is 1. The van der Waals surface area contributed by atoms with E-state index in [1.165, 1.54) is 5.56 Å². The first-order valence-corrected chi connectivity index (χ1v) is 7.18. The topological polar surface area (TPSA) is 35.5 Å². The molecular weight excluding hydrogens is 264 g/mol. The van der Waals surface area contributed by atoms with Gasteiger partial charge in [0.25, 0.3) is 0 Å². The lowest BCUT2D eigenvalue weighted by Gasteiger charge is -2.25. The van der Waals surface area contributed by atoms with Gasteiger partial charge in [0.2, 0.25) is 0 Å². The standard InChI is InChI=1S/C18H18O3/c1-20-15-9-6-13(7-10-15)17(19)12-16-11-8-14-4-2-3-5-18(14)21-16/h2-7,9-10,16H,8,11-12H2,1H3/t16-/m1/s1. The van der Waals surface area contributed by atoms with Crippen molar-refractivity contribution in [1.29, 1.82) is 0 Å². The van der Waals surface area contributed by atoms with Crippen molar-refractivity contribution >= 4 is 5.78 Å². The number of carbonyl (C=O) groups excluding carboxylic acids is 1. The smallest absolute Gasteiger partial charge is 0.166 e. The van der Waals surface area contributed by atoms with Gasteiger partial charge in [0.05, 0.1) is 7.11 Å². The van der Waals surface area contributed by atoms with E-state index in [9.17, 15) is 4.79 Å². The Kier molecular flexibility index (Phi) is 3.91. The summed E-state index contributed by atoms with van der Waals surface area (Å²) in [7, 11) is 1.62. The van der Waals surface area contributed by atoms with Crippen LogP contribution in [0.2, 0.25) is 0 Å². The van der Waals surface area contributed by atoms with Gasteiger partial charge in [-0.15, -0.1) is 0 Å². The van der Waals surface area contributed by atoms with E-state index in [0.717, 1.165) is 24.3 Å². The number of para-hydroxylation sites is 1. The van der Waals surface area contributed by atoms with Crippen LogP contribution < -0.4 is 9.47 Å². The molecule has 0 bridgehead atoms. The predicted molar refractivity (Wildman–Crippen MR) is 81.1 cm³/mol. The lowest BCUT2D eigenvalue weighted by atomic mass is 9.97. The summed E-state index contributed by atoms with van der Waals surface area (Å²) >= 11 is 0. The highest BCUT2D eigenvalue weighted by molar-refractivity contribution is 5.96. The second kappa shape index (κ2) is 6.00. The van der Waals surface area contributed by atoms with Crippen molar-refractivity contribution in [3.05, 3.63) is 59.7 Å². The lowest BCUT2D eigenvalue weighted by Crippen LogP contribution is -2.25. The third kappa shape index (κ3) is 3.07. The quantitative estimate of drug-likeness (QED) is 0.803. The Bertz CT molecular complexity index is 631. The van der Waals surface area contributed by atoms with E-state index in [-0.39, 0.29) is 11.9 Å². The fourth-order valence-corrected chi connectivity index (χ4v) is 2.63. The molecule has 1 aliphatic rings. The average Bonchev–Trinajstić information content (AvgIpc) is 2.55. The predicted octanol–water partition coefficient (Wildman–Crippen LogP) is 3.66. The molecule has 0 saturated carbocycles. The SMILES string of the molecule is COc1ccc(C(=O)C[C@H]2CCc3ccccc3O2)cc1. The van der Waals surface area contributed by atoms with Crippen LogP contribution in [0.5, 0.6) is 11.5 Å². The van der Waals surface area contributed by atoms with Crippen LogP contribution in [0.4, 0.5) is 0 Å². The van der Waals surface area contributed by atoms with Crippen LogP contribution in [0.15, 0.2) is 48.5 Å². The maximum absolute atomic E-state index is 12.3. The van der Waals surface area contributed by atoms with E-state index >= 15 is 0 Å². The van der Waals surface area contributed by atoms with E-state index < -0.39 is 0 Å². The highest BCUT2D eigenvalue weighted by Crippen LogP contribution is 2.28. The van der Waals surface area contributed by atoms with Gasteiger partial charge in [-0.3, -0.25) is 4.79 Å². The van der Waals surface area contributed by atoms with Crippen LogP contribution in [0.3, 0.4) is 0 Å². The van der Waals surface area contributed by atoms with Crippen LogP contribution in [-0.2, 0) is 6.42 Å². The zero-order valence-electron chi connectivity index (χ0n) is 12.0. The molecule has 2 aromatic rings. The molecule has 0 aromatic heterocycles. The van der Waals surface area contributed by atoms with Gasteiger partial charge in [-0.25, -0.2) is 0 Å². The number of hydrogen-bond donors (Lipinski definition) is 0. The lowest BCUT2D eigenvalue weighted by molar-refractivity contribution is 0.0884. The molecule has 1 aliphatic heterocycles. The Morgan fingerprint density at radius 2 is 1.95 bits per heavy atom. The normalized spacial score (nSPS) is 16.7. The summed E-state index contributed by atoms with van der Waals surface area (Å²) in [6.45, 7) is 0. The van der Waals surface area contributed by atoms with Crippen molar-refractivity contribution in [2.75, 3.05) is 7.11 Å². The van der Waals surface area contributed by atoms with Crippen LogP contribution in [-0.4, -0.2) is 19.0 Å². The minimum Gasteiger partial charge on any atom is -0.497 e. The number of aryl methyl sites for hydroxylation is 1. The van der Waals surface area contributed by atoms with Gasteiger partial charge in [-0.05, 0) is 48.7 Å². The minimum atomic E-state index is -0.0329. The maximum atomic E-state index is 12.3. The van der Waals surface area contributed by atoms with Crippen molar-refractivity contribution in [2.45, 2.75) is 25.4 Å². The Balaban J connectivity index is 1.65. The Morgan fingerprint density at radius 3 is 2.71 bits per heavy atom. The van der Waals surface area contributed by atoms with Crippen molar-refractivity contribution in [2.24, 2.45) is 0 Å². The molecule has 2 aromatic carbocycles. The number of rotatable bonds is 4. The van der Waals surface area contributed by atoms with Gasteiger partial charge in [0, 0.05) is 12.0 Å². The fourth-order valence-electron chi connectivity index (χ4n) is 2.63. The van der Waals surface area contributed by atoms with Gasteiger partial charge >= 0.3 is 0 Å². The summed E-state index contributed by atoms with van der Waals surface area (Å²) < 4.78 is 11.0. The molecule has 3 rings (SSSR count). The number of ketones is 1. The Hall–Kier alpha value is -2.29. The largest absolute Gasteiger partial charge is 0.497 e. The van der Waals surface area contributed by atoms with Crippen LogP contribution >= 0.6 is 0 Å². The minimum absolute atomic E-state index is 0.0329. The van der Waals surface area contributed by atoms with Crippen LogP contribution in [0.1, 0.15) is 28.8 Å². The second-order valence-electron chi connectivity index (χ2n) is 5.24. The zero-order chi connectivity index (χ0) is 14.7. The molecule has 21 heavy (non-hydrogen) atoms. The molecule has 0 fully saturated rings.